The fourth-order valence-corrected chi connectivity index (χ4v) is 7.60. The number of nitrogens with one attached hydrogen (secondary N) is 2. The number of aromatic nitrogens is 3. The summed E-state index contributed by atoms with van der Waals surface area (Å²) < 4.78 is 154. The Morgan fingerprint density at radius 3 is 1.77 bits per heavy atom. The zero-order valence-corrected chi connectivity index (χ0v) is 34.6. The van der Waals surface area contributed by atoms with Crippen molar-refractivity contribution < 1.29 is 87.1 Å². The predicted molar refractivity (Wildman–Crippen MR) is 205 cm³/mol. The second-order valence-electron chi connectivity index (χ2n) is 15.3. The molecule has 0 bridgehead atoms. The summed E-state index contributed by atoms with van der Waals surface area (Å²) in [5.74, 6) is -18.1. The van der Waals surface area contributed by atoms with Crippen LogP contribution in [0.1, 0.15) is 71.6 Å². The minimum absolute atomic E-state index is 0.120. The van der Waals surface area contributed by atoms with Crippen LogP contribution in [0.2, 0.25) is 0 Å². The summed E-state index contributed by atoms with van der Waals surface area (Å²) in [6.45, 7) is 3.74. The zero-order chi connectivity index (χ0) is 49.6. The molecule has 0 spiro atoms. The molecule has 356 valence electrons. The first-order valence-corrected chi connectivity index (χ1v) is 18.9. The number of aromatic hydroxyl groups is 1. The standard InChI is InChI=1S/C20H19F5N4O4.C20H18F5N3O5/c1-8-13(9-4-5-10(21)14(22)15(9)32-3)16(33-19(8,2)20(23,24)25)18(31)29-12-6-11(17(26)30)27-7-28-12;1-8-13(10-3-4-11(21)14(22)15(10)29)16(33-19(8,2)20(23,24)25)18(31)27-9-5-6-28(32)12(7-9)17(26)30/h4-8,13,16H,1-3H3,(H2,26,30)(H,27,28,29,31);3-8,13,16,29H,1-2H3,(H2,26,30)(H,27,31)/t2*8-,13-,16+,19+/m00/s1. The van der Waals surface area contributed by atoms with Crippen LogP contribution >= 0.6 is 0 Å². The van der Waals surface area contributed by atoms with Crippen molar-refractivity contribution >= 4 is 35.1 Å². The Labute approximate surface area is 365 Å². The molecule has 0 saturated carbocycles. The van der Waals surface area contributed by atoms with Crippen LogP contribution in [0.5, 0.6) is 11.5 Å². The second-order valence-corrected chi connectivity index (χ2v) is 15.3. The van der Waals surface area contributed by atoms with E-state index in [1.54, 1.807) is 0 Å². The third-order valence-electron chi connectivity index (χ3n) is 11.6. The van der Waals surface area contributed by atoms with Gasteiger partial charge in [0, 0.05) is 53.0 Å². The Bertz CT molecular complexity index is 2570. The molecule has 2 aromatic heterocycles. The van der Waals surface area contributed by atoms with Crippen molar-refractivity contribution in [3.8, 4) is 11.5 Å². The summed E-state index contributed by atoms with van der Waals surface area (Å²) in [7, 11) is 1.02. The number of methoxy groups -OCH3 is 1. The number of primary amides is 2. The van der Waals surface area contributed by atoms with Gasteiger partial charge in [-0.2, -0.15) is 39.9 Å². The van der Waals surface area contributed by atoms with Gasteiger partial charge in [-0.15, -0.1) is 0 Å². The molecular formula is C40H37F10N7O9. The molecular weight excluding hydrogens is 912 g/mol. The highest BCUT2D eigenvalue weighted by Gasteiger charge is 2.67. The van der Waals surface area contributed by atoms with Crippen LogP contribution in [0.15, 0.2) is 55.0 Å². The van der Waals surface area contributed by atoms with E-state index in [-0.39, 0.29) is 27.5 Å². The van der Waals surface area contributed by atoms with E-state index >= 15 is 0 Å². The third kappa shape index (κ3) is 9.18. The second kappa shape index (κ2) is 18.2. The first-order chi connectivity index (χ1) is 30.5. The molecule has 2 aliphatic rings. The molecule has 0 radical (unpaired) electrons. The van der Waals surface area contributed by atoms with Crippen molar-refractivity contribution in [2.45, 2.75) is 75.3 Å². The van der Waals surface area contributed by atoms with Crippen LogP contribution < -0.4 is 31.6 Å². The minimum atomic E-state index is -4.96. The smallest absolute Gasteiger partial charge is 0.417 e. The topological polar surface area (TPSA) is 245 Å². The highest BCUT2D eigenvalue weighted by molar-refractivity contribution is 5.97. The van der Waals surface area contributed by atoms with E-state index in [4.69, 9.17) is 25.7 Å². The number of nitrogens with two attached hydrogens (primary N) is 2. The quantitative estimate of drug-likeness (QED) is 0.0806. The van der Waals surface area contributed by atoms with E-state index in [2.05, 4.69) is 20.6 Å². The molecule has 6 rings (SSSR count). The molecule has 2 saturated heterocycles. The number of pyridine rings is 1. The molecule has 0 aliphatic carbocycles. The first kappa shape index (κ1) is 50.2. The number of phenols is 1. The molecule has 4 heterocycles. The van der Waals surface area contributed by atoms with Crippen molar-refractivity contribution in [2.75, 3.05) is 17.7 Å². The molecule has 16 nitrogen and oxygen atoms in total. The lowest BCUT2D eigenvalue weighted by atomic mass is 9.77. The maximum atomic E-state index is 14.3. The Kier molecular flexibility index (Phi) is 13.8. The number of amides is 4. The number of hydrogen-bond donors (Lipinski definition) is 5. The van der Waals surface area contributed by atoms with Gasteiger partial charge in [-0.25, -0.2) is 18.7 Å². The molecule has 4 amide bonds. The SMILES string of the molecule is COc1c([C@H]2[C@H](C(=O)Nc3cc(C(N)=O)ncn3)O[C@@](C)(C(F)(F)F)[C@H]2C)ccc(F)c1F.C[C@H]1[C@@H](c2ccc(F)c(F)c2O)[C@H](C(=O)Nc2cc[n+]([O-])c(C(N)=O)c2)O[C@@]1(C)C(F)(F)F. The maximum Gasteiger partial charge on any atom is 0.417 e. The number of halogens is 10. The lowest BCUT2D eigenvalue weighted by molar-refractivity contribution is -0.607. The number of benzene rings is 2. The first-order valence-electron chi connectivity index (χ1n) is 18.9. The molecule has 7 N–H and O–H groups in total. The van der Waals surface area contributed by atoms with Crippen LogP contribution in [-0.4, -0.2) is 81.6 Å². The lowest BCUT2D eigenvalue weighted by Crippen LogP contribution is -2.47. The Balaban J connectivity index is 0.000000247. The van der Waals surface area contributed by atoms with E-state index in [0.717, 1.165) is 69.9 Å². The summed E-state index contributed by atoms with van der Waals surface area (Å²) in [5, 5.41) is 26.1. The third-order valence-corrected chi connectivity index (χ3v) is 11.6. The molecule has 26 heteroatoms. The number of phenolic OH excluding ortho intramolecular Hbond substituents is 1. The Morgan fingerprint density at radius 2 is 1.27 bits per heavy atom. The van der Waals surface area contributed by atoms with Gasteiger partial charge in [-0.05, 0) is 26.0 Å². The minimum Gasteiger partial charge on any atom is -0.618 e. The van der Waals surface area contributed by atoms with E-state index in [1.165, 1.54) is 6.92 Å². The van der Waals surface area contributed by atoms with Gasteiger partial charge in [0.05, 0.1) is 12.8 Å². The van der Waals surface area contributed by atoms with Gasteiger partial charge in [0.1, 0.15) is 30.0 Å². The zero-order valence-electron chi connectivity index (χ0n) is 34.6. The number of nitrogens with zero attached hydrogens (tertiary/aromatic N) is 3. The predicted octanol–water partition coefficient (Wildman–Crippen LogP) is 5.42. The number of ether oxygens (including phenoxy) is 3. The van der Waals surface area contributed by atoms with Crippen molar-refractivity contribution in [1.29, 1.82) is 0 Å². The van der Waals surface area contributed by atoms with Crippen molar-refractivity contribution in [2.24, 2.45) is 23.3 Å². The van der Waals surface area contributed by atoms with Gasteiger partial charge in [0.25, 0.3) is 23.4 Å². The average Bonchev–Trinajstić information content (AvgIpc) is 3.68. The Hall–Kier alpha value is -6.83. The van der Waals surface area contributed by atoms with Gasteiger partial charge < -0.3 is 46.6 Å². The molecule has 2 aromatic carbocycles. The molecule has 66 heavy (non-hydrogen) atoms. The Morgan fingerprint density at radius 1 is 0.773 bits per heavy atom. The van der Waals surface area contributed by atoms with Gasteiger partial charge in [-0.3, -0.25) is 19.2 Å². The monoisotopic (exact) mass is 949 g/mol. The number of anilines is 2. The van der Waals surface area contributed by atoms with E-state index in [9.17, 15) is 73.4 Å². The van der Waals surface area contributed by atoms with Crippen LogP contribution in [0.4, 0.5) is 55.4 Å². The average molecular weight is 950 g/mol. The van der Waals surface area contributed by atoms with Crippen molar-refractivity contribution in [3.05, 3.63) is 106 Å². The molecule has 2 fully saturated rings. The number of carbonyl (C=O) groups excluding carboxylic acids is 4. The fourth-order valence-electron chi connectivity index (χ4n) is 7.60. The summed E-state index contributed by atoms with van der Waals surface area (Å²) >= 11 is 0. The fraction of sp³-hybridized carbons (Fsp3) is 0.375. The van der Waals surface area contributed by atoms with Crippen molar-refractivity contribution in [3.63, 3.8) is 0 Å². The van der Waals surface area contributed by atoms with E-state index < -0.39 is 129 Å². The highest BCUT2D eigenvalue weighted by atomic mass is 19.4. The highest BCUT2D eigenvalue weighted by Crippen LogP contribution is 2.56. The van der Waals surface area contributed by atoms with Crippen molar-refractivity contribution in [1.82, 2.24) is 9.97 Å². The number of carbonyl (C=O) groups is 4. The summed E-state index contributed by atoms with van der Waals surface area (Å²) in [5.41, 5.74) is 2.89. The molecule has 4 aromatic rings. The lowest BCUT2D eigenvalue weighted by Gasteiger charge is -2.32. The van der Waals surface area contributed by atoms with Gasteiger partial charge in [0.2, 0.25) is 11.6 Å². The normalized spacial score (nSPS) is 25.1. The number of rotatable bonds is 9. The van der Waals surface area contributed by atoms with Gasteiger partial charge in [-0.1, -0.05) is 26.0 Å². The number of alkyl halides is 6. The maximum absolute atomic E-state index is 14.3. The van der Waals surface area contributed by atoms with Crippen LogP contribution in [-0.2, 0) is 19.1 Å². The number of hydrogen-bond acceptors (Lipinski definition) is 11. The largest absolute Gasteiger partial charge is 0.618 e. The summed E-state index contributed by atoms with van der Waals surface area (Å²) in [6.07, 6.45) is -11.8. The van der Waals surface area contributed by atoms with Crippen LogP contribution in [0, 0.1) is 40.3 Å². The molecule has 8 atom stereocenters. The molecule has 2 aliphatic heterocycles. The molecule has 0 unspecified atom stereocenters. The van der Waals surface area contributed by atoms with Gasteiger partial charge >= 0.3 is 18.3 Å². The van der Waals surface area contributed by atoms with Crippen LogP contribution in [0.25, 0.3) is 0 Å². The van der Waals surface area contributed by atoms with E-state index in [1.807, 2.05) is 0 Å². The summed E-state index contributed by atoms with van der Waals surface area (Å²) in [4.78, 5) is 55.9. The van der Waals surface area contributed by atoms with Gasteiger partial charge in [0.15, 0.2) is 40.5 Å². The van der Waals surface area contributed by atoms with Crippen LogP contribution in [0.3, 0.4) is 0 Å². The van der Waals surface area contributed by atoms with E-state index in [0.29, 0.717) is 13.0 Å². The summed E-state index contributed by atoms with van der Waals surface area (Å²) in [6, 6.07) is 6.23.